The average Bonchev–Trinajstić information content (AvgIpc) is 2.70. The highest BCUT2D eigenvalue weighted by Crippen LogP contribution is 2.22. The van der Waals surface area contributed by atoms with Gasteiger partial charge in [0.1, 0.15) is 5.75 Å². The lowest BCUT2D eigenvalue weighted by molar-refractivity contribution is 0.0734. The van der Waals surface area contributed by atoms with E-state index < -0.39 is 11.9 Å². The summed E-state index contributed by atoms with van der Waals surface area (Å²) in [6.45, 7) is 1.89. The third-order valence-electron chi connectivity index (χ3n) is 3.90. The number of rotatable bonds is 5. The SMILES string of the molecule is Cc1cccc(C(=O)Oc2ccc(Cl)cc2/C=N/NC(=O)c2ccc(Cl)cc2)c1. The van der Waals surface area contributed by atoms with Gasteiger partial charge in [-0.05, 0) is 61.5 Å². The zero-order valence-electron chi connectivity index (χ0n) is 15.4. The maximum absolute atomic E-state index is 12.4. The number of esters is 1. The standard InChI is InChI=1S/C22H16Cl2N2O3/c1-14-3-2-4-16(11-14)22(28)29-20-10-9-19(24)12-17(20)13-25-26-21(27)15-5-7-18(23)8-6-15/h2-13H,1H3,(H,26,27)/b25-13+. The molecule has 0 saturated carbocycles. The topological polar surface area (TPSA) is 67.8 Å². The minimum Gasteiger partial charge on any atom is -0.422 e. The summed E-state index contributed by atoms with van der Waals surface area (Å²) in [5.74, 6) is -0.639. The van der Waals surface area contributed by atoms with Gasteiger partial charge in [-0.2, -0.15) is 5.10 Å². The molecule has 7 heteroatoms. The largest absolute Gasteiger partial charge is 0.422 e. The van der Waals surface area contributed by atoms with E-state index in [-0.39, 0.29) is 5.75 Å². The van der Waals surface area contributed by atoms with Crippen molar-refractivity contribution in [2.75, 3.05) is 0 Å². The van der Waals surface area contributed by atoms with E-state index in [2.05, 4.69) is 10.5 Å². The van der Waals surface area contributed by atoms with Gasteiger partial charge in [-0.1, -0.05) is 40.9 Å². The number of aryl methyl sites for hydroxylation is 1. The summed E-state index contributed by atoms with van der Waals surface area (Å²) < 4.78 is 5.48. The van der Waals surface area contributed by atoms with Crippen LogP contribution >= 0.6 is 23.2 Å². The first-order chi connectivity index (χ1) is 13.9. The van der Waals surface area contributed by atoms with Crippen molar-refractivity contribution >= 4 is 41.3 Å². The molecular weight excluding hydrogens is 411 g/mol. The van der Waals surface area contributed by atoms with E-state index in [4.69, 9.17) is 27.9 Å². The van der Waals surface area contributed by atoms with Gasteiger partial charge in [0.25, 0.3) is 5.91 Å². The van der Waals surface area contributed by atoms with Crippen molar-refractivity contribution in [2.45, 2.75) is 6.92 Å². The number of hydrazone groups is 1. The molecule has 0 aliphatic carbocycles. The fourth-order valence-corrected chi connectivity index (χ4v) is 2.78. The van der Waals surface area contributed by atoms with Crippen LogP contribution in [0.3, 0.4) is 0 Å². The van der Waals surface area contributed by atoms with Crippen molar-refractivity contribution in [3.63, 3.8) is 0 Å². The van der Waals surface area contributed by atoms with Crippen LogP contribution in [0.5, 0.6) is 5.75 Å². The highest BCUT2D eigenvalue weighted by Gasteiger charge is 2.12. The Bertz CT molecular complexity index is 1080. The summed E-state index contributed by atoms with van der Waals surface area (Å²) in [4.78, 5) is 24.5. The molecule has 1 N–H and O–H groups in total. The summed E-state index contributed by atoms with van der Waals surface area (Å²) in [5, 5.41) is 4.90. The molecule has 0 fully saturated rings. The number of carbonyl (C=O) groups excluding carboxylic acids is 2. The Kier molecular flexibility index (Phi) is 6.65. The van der Waals surface area contributed by atoms with Crippen molar-refractivity contribution in [2.24, 2.45) is 5.10 Å². The first kappa shape index (κ1) is 20.6. The Morgan fingerprint density at radius 3 is 2.38 bits per heavy atom. The third kappa shape index (κ3) is 5.67. The molecule has 3 aromatic rings. The molecule has 0 heterocycles. The van der Waals surface area contributed by atoms with E-state index in [0.717, 1.165) is 5.56 Å². The highest BCUT2D eigenvalue weighted by molar-refractivity contribution is 6.31. The minimum absolute atomic E-state index is 0.269. The monoisotopic (exact) mass is 426 g/mol. The quantitative estimate of drug-likeness (QED) is 0.261. The van der Waals surface area contributed by atoms with E-state index in [1.54, 1.807) is 60.7 Å². The zero-order valence-corrected chi connectivity index (χ0v) is 16.9. The summed E-state index contributed by atoms with van der Waals surface area (Å²) >= 11 is 11.9. The average molecular weight is 427 g/mol. The summed E-state index contributed by atoms with van der Waals surface area (Å²) in [5.41, 5.74) is 4.63. The van der Waals surface area contributed by atoms with Crippen LogP contribution in [-0.2, 0) is 0 Å². The number of halogens is 2. The molecule has 1 amide bonds. The molecule has 0 atom stereocenters. The molecular formula is C22H16Cl2N2O3. The lowest BCUT2D eigenvalue weighted by atomic mass is 10.1. The van der Waals surface area contributed by atoms with Crippen LogP contribution in [0.25, 0.3) is 0 Å². The van der Waals surface area contributed by atoms with E-state index in [1.807, 2.05) is 13.0 Å². The molecule has 0 unspecified atom stereocenters. The van der Waals surface area contributed by atoms with E-state index in [1.165, 1.54) is 6.21 Å². The maximum Gasteiger partial charge on any atom is 0.343 e. The summed E-state index contributed by atoms with van der Waals surface area (Å²) in [7, 11) is 0. The molecule has 0 spiro atoms. The number of benzene rings is 3. The van der Waals surface area contributed by atoms with Gasteiger partial charge in [0.15, 0.2) is 0 Å². The second-order valence-electron chi connectivity index (χ2n) is 6.15. The molecule has 146 valence electrons. The van der Waals surface area contributed by atoms with Crippen molar-refractivity contribution in [1.82, 2.24) is 5.43 Å². The van der Waals surface area contributed by atoms with Gasteiger partial charge >= 0.3 is 5.97 Å². The summed E-state index contributed by atoms with van der Waals surface area (Å²) in [6.07, 6.45) is 1.36. The van der Waals surface area contributed by atoms with Crippen LogP contribution in [0.15, 0.2) is 71.8 Å². The number of nitrogens with one attached hydrogen (secondary N) is 1. The smallest absolute Gasteiger partial charge is 0.343 e. The Morgan fingerprint density at radius 2 is 1.66 bits per heavy atom. The Balaban J connectivity index is 1.74. The van der Waals surface area contributed by atoms with Crippen molar-refractivity contribution in [1.29, 1.82) is 0 Å². The van der Waals surface area contributed by atoms with Crippen LogP contribution in [0.2, 0.25) is 10.0 Å². The van der Waals surface area contributed by atoms with Crippen molar-refractivity contribution in [3.8, 4) is 5.75 Å². The van der Waals surface area contributed by atoms with Gasteiger partial charge in [0.05, 0.1) is 11.8 Å². The van der Waals surface area contributed by atoms with Gasteiger partial charge in [-0.15, -0.1) is 0 Å². The number of carbonyl (C=O) groups is 2. The van der Waals surface area contributed by atoms with Crippen molar-refractivity contribution in [3.05, 3.63) is 99.0 Å². The Morgan fingerprint density at radius 1 is 0.931 bits per heavy atom. The predicted molar refractivity (Wildman–Crippen MR) is 114 cm³/mol. The molecule has 29 heavy (non-hydrogen) atoms. The maximum atomic E-state index is 12.4. The highest BCUT2D eigenvalue weighted by atomic mass is 35.5. The molecule has 0 bridgehead atoms. The van der Waals surface area contributed by atoms with E-state index in [0.29, 0.717) is 26.7 Å². The van der Waals surface area contributed by atoms with Crippen LogP contribution in [0.4, 0.5) is 0 Å². The molecule has 0 aliphatic heterocycles. The van der Waals surface area contributed by atoms with Gasteiger partial charge < -0.3 is 4.74 Å². The number of amides is 1. The molecule has 3 rings (SSSR count). The lowest BCUT2D eigenvalue weighted by Crippen LogP contribution is -2.17. The molecule has 0 aromatic heterocycles. The summed E-state index contributed by atoms with van der Waals surface area (Å²) in [6, 6.07) is 18.2. The van der Waals surface area contributed by atoms with Crippen LogP contribution in [0, 0.1) is 6.92 Å². The molecule has 5 nitrogen and oxygen atoms in total. The molecule has 0 radical (unpaired) electrons. The number of nitrogens with zero attached hydrogens (tertiary/aromatic N) is 1. The van der Waals surface area contributed by atoms with E-state index in [9.17, 15) is 9.59 Å². The second kappa shape index (κ2) is 9.37. The number of hydrogen-bond donors (Lipinski definition) is 1. The Labute approximate surface area is 177 Å². The van der Waals surface area contributed by atoms with Gasteiger partial charge in [0, 0.05) is 21.2 Å². The first-order valence-corrected chi connectivity index (χ1v) is 9.35. The predicted octanol–water partition coefficient (Wildman–Crippen LogP) is 5.28. The second-order valence-corrected chi connectivity index (χ2v) is 7.02. The van der Waals surface area contributed by atoms with Gasteiger partial charge in [-0.25, -0.2) is 10.2 Å². The minimum atomic E-state index is -0.504. The normalized spacial score (nSPS) is 10.7. The fourth-order valence-electron chi connectivity index (χ4n) is 2.47. The van der Waals surface area contributed by atoms with Crippen LogP contribution in [-0.4, -0.2) is 18.1 Å². The van der Waals surface area contributed by atoms with Gasteiger partial charge in [-0.3, -0.25) is 4.79 Å². The first-order valence-electron chi connectivity index (χ1n) is 8.60. The number of hydrogen-bond acceptors (Lipinski definition) is 4. The van der Waals surface area contributed by atoms with E-state index >= 15 is 0 Å². The molecule has 0 saturated heterocycles. The van der Waals surface area contributed by atoms with Crippen LogP contribution in [0.1, 0.15) is 31.8 Å². The Hall–Kier alpha value is -3.15. The molecule has 0 aliphatic rings. The van der Waals surface area contributed by atoms with Gasteiger partial charge in [0.2, 0.25) is 0 Å². The number of ether oxygens (including phenoxy) is 1. The molecule has 3 aromatic carbocycles. The fraction of sp³-hybridized carbons (Fsp3) is 0.0455. The lowest BCUT2D eigenvalue weighted by Gasteiger charge is -2.08. The third-order valence-corrected chi connectivity index (χ3v) is 4.39. The van der Waals surface area contributed by atoms with Crippen LogP contribution < -0.4 is 10.2 Å². The van der Waals surface area contributed by atoms with Crippen molar-refractivity contribution < 1.29 is 14.3 Å². The zero-order chi connectivity index (χ0) is 20.8.